The molecule has 2 aromatic carbocycles. The van der Waals surface area contributed by atoms with Crippen LogP contribution in [0.5, 0.6) is 11.5 Å². The summed E-state index contributed by atoms with van der Waals surface area (Å²) in [6.45, 7) is 3.88. The van der Waals surface area contributed by atoms with Gasteiger partial charge in [0, 0.05) is 26.2 Å². The molecule has 1 aliphatic heterocycles. The molecule has 3 rings (SSSR count). The number of aliphatic hydroxyl groups is 1. The molecule has 1 heterocycles. The molecule has 0 aromatic heterocycles. The number of carbonyl (C=O) groups is 1. The second kappa shape index (κ2) is 11.5. The summed E-state index contributed by atoms with van der Waals surface area (Å²) < 4.78 is 16.5. The molecule has 0 saturated carbocycles. The minimum Gasteiger partial charge on any atom is -0.491 e. The van der Waals surface area contributed by atoms with Gasteiger partial charge in [-0.15, -0.1) is 0 Å². The summed E-state index contributed by atoms with van der Waals surface area (Å²) in [7, 11) is 1.96. The van der Waals surface area contributed by atoms with E-state index in [2.05, 4.69) is 0 Å². The van der Waals surface area contributed by atoms with Crippen molar-refractivity contribution in [2.24, 2.45) is 0 Å². The number of aliphatic hydroxyl groups excluding tert-OH is 1. The second-order valence-electron chi connectivity index (χ2n) is 7.40. The number of hydrogen-bond acceptors (Lipinski definition) is 6. The van der Waals surface area contributed by atoms with Crippen LogP contribution in [0.15, 0.2) is 54.6 Å². The molecular formula is C23H30N2O5. The van der Waals surface area contributed by atoms with Gasteiger partial charge < -0.3 is 24.2 Å². The third kappa shape index (κ3) is 7.33. The van der Waals surface area contributed by atoms with Crippen molar-refractivity contribution in [1.82, 2.24) is 9.80 Å². The van der Waals surface area contributed by atoms with E-state index in [1.165, 1.54) is 0 Å². The molecule has 0 spiro atoms. The monoisotopic (exact) mass is 414 g/mol. The Kier molecular flexibility index (Phi) is 8.50. The molecular weight excluding hydrogens is 384 g/mol. The fourth-order valence-corrected chi connectivity index (χ4v) is 3.24. The van der Waals surface area contributed by atoms with E-state index in [1.807, 2.05) is 66.5 Å². The molecule has 1 saturated heterocycles. The van der Waals surface area contributed by atoms with Crippen LogP contribution in [0.3, 0.4) is 0 Å². The molecule has 2 aromatic rings. The Labute approximate surface area is 177 Å². The smallest absolute Gasteiger partial charge is 0.260 e. The molecule has 1 N–H and O–H groups in total. The summed E-state index contributed by atoms with van der Waals surface area (Å²) in [5.41, 5.74) is 1.10. The zero-order chi connectivity index (χ0) is 21.2. The van der Waals surface area contributed by atoms with Gasteiger partial charge in [0.15, 0.2) is 6.61 Å². The molecule has 30 heavy (non-hydrogen) atoms. The number of nitrogens with zero attached hydrogens (tertiary/aromatic N) is 2. The number of morpholine rings is 1. The number of para-hydroxylation sites is 1. The number of hydrogen-bond donors (Lipinski definition) is 1. The zero-order valence-corrected chi connectivity index (χ0v) is 17.4. The Morgan fingerprint density at radius 2 is 1.73 bits per heavy atom. The van der Waals surface area contributed by atoms with Crippen molar-refractivity contribution in [2.75, 3.05) is 53.1 Å². The highest BCUT2D eigenvalue weighted by Gasteiger charge is 2.17. The average molecular weight is 415 g/mol. The Hall–Kier alpha value is -2.61. The number of amides is 1. The topological polar surface area (TPSA) is 71.5 Å². The van der Waals surface area contributed by atoms with Gasteiger partial charge >= 0.3 is 0 Å². The van der Waals surface area contributed by atoms with Crippen LogP contribution in [0.25, 0.3) is 0 Å². The maximum absolute atomic E-state index is 12.1. The van der Waals surface area contributed by atoms with Crippen LogP contribution < -0.4 is 9.47 Å². The normalized spacial score (nSPS) is 15.1. The van der Waals surface area contributed by atoms with Crippen LogP contribution in [0.2, 0.25) is 0 Å². The predicted molar refractivity (Wildman–Crippen MR) is 114 cm³/mol. The molecule has 0 radical (unpaired) electrons. The Morgan fingerprint density at radius 3 is 2.43 bits per heavy atom. The van der Waals surface area contributed by atoms with Crippen LogP contribution in [0, 0.1) is 0 Å². The summed E-state index contributed by atoms with van der Waals surface area (Å²) in [6.07, 6.45) is -0.580. The van der Waals surface area contributed by atoms with E-state index >= 15 is 0 Å². The lowest BCUT2D eigenvalue weighted by atomic mass is 10.2. The van der Waals surface area contributed by atoms with Crippen molar-refractivity contribution in [3.8, 4) is 11.5 Å². The van der Waals surface area contributed by atoms with E-state index in [1.54, 1.807) is 4.90 Å². The van der Waals surface area contributed by atoms with Crippen LogP contribution in [0.1, 0.15) is 5.56 Å². The first-order chi connectivity index (χ1) is 14.6. The maximum Gasteiger partial charge on any atom is 0.260 e. The largest absolute Gasteiger partial charge is 0.491 e. The first-order valence-corrected chi connectivity index (χ1v) is 10.2. The number of carbonyl (C=O) groups excluding carboxylic acids is 1. The van der Waals surface area contributed by atoms with E-state index in [0.29, 0.717) is 45.1 Å². The number of ether oxygens (including phenoxy) is 3. The van der Waals surface area contributed by atoms with Crippen LogP contribution >= 0.6 is 0 Å². The van der Waals surface area contributed by atoms with Crippen molar-refractivity contribution in [2.45, 2.75) is 12.6 Å². The lowest BCUT2D eigenvalue weighted by Gasteiger charge is -2.26. The third-order valence-corrected chi connectivity index (χ3v) is 4.81. The molecule has 1 atom stereocenters. The van der Waals surface area contributed by atoms with E-state index in [4.69, 9.17) is 14.2 Å². The lowest BCUT2D eigenvalue weighted by Crippen LogP contribution is -2.42. The molecule has 1 fully saturated rings. The van der Waals surface area contributed by atoms with Gasteiger partial charge in [-0.25, -0.2) is 0 Å². The molecule has 7 nitrogen and oxygen atoms in total. The van der Waals surface area contributed by atoms with Gasteiger partial charge in [-0.3, -0.25) is 9.69 Å². The van der Waals surface area contributed by atoms with E-state index < -0.39 is 6.10 Å². The van der Waals surface area contributed by atoms with Crippen molar-refractivity contribution >= 4 is 5.91 Å². The van der Waals surface area contributed by atoms with Gasteiger partial charge in [0.25, 0.3) is 5.91 Å². The number of benzene rings is 2. The number of likely N-dealkylation sites (N-methyl/N-ethyl adjacent to an activating group) is 1. The predicted octanol–water partition coefficient (Wildman–Crippen LogP) is 1.80. The first-order valence-electron chi connectivity index (χ1n) is 10.2. The number of rotatable bonds is 10. The van der Waals surface area contributed by atoms with Crippen molar-refractivity contribution in [3.05, 3.63) is 60.2 Å². The van der Waals surface area contributed by atoms with Gasteiger partial charge in [-0.2, -0.15) is 0 Å². The van der Waals surface area contributed by atoms with E-state index in [-0.39, 0.29) is 19.1 Å². The highest BCUT2D eigenvalue weighted by Crippen LogP contribution is 2.14. The molecule has 1 aliphatic rings. The Bertz CT molecular complexity index is 763. The summed E-state index contributed by atoms with van der Waals surface area (Å²) >= 11 is 0. The molecule has 0 aliphatic carbocycles. The van der Waals surface area contributed by atoms with Gasteiger partial charge in [0.1, 0.15) is 24.2 Å². The third-order valence-electron chi connectivity index (χ3n) is 4.81. The highest BCUT2D eigenvalue weighted by atomic mass is 16.5. The summed E-state index contributed by atoms with van der Waals surface area (Å²) in [5.74, 6) is 1.40. The summed E-state index contributed by atoms with van der Waals surface area (Å²) in [5, 5.41) is 10.2. The molecule has 0 unspecified atom stereocenters. The average Bonchev–Trinajstić information content (AvgIpc) is 2.78. The van der Waals surface area contributed by atoms with E-state index in [9.17, 15) is 9.90 Å². The fourth-order valence-electron chi connectivity index (χ4n) is 3.24. The first kappa shape index (κ1) is 22.1. The lowest BCUT2D eigenvalue weighted by molar-refractivity contribution is -0.137. The van der Waals surface area contributed by atoms with Gasteiger partial charge in [0.2, 0.25) is 0 Å². The highest BCUT2D eigenvalue weighted by molar-refractivity contribution is 5.77. The minimum absolute atomic E-state index is 0.0196. The second-order valence-corrected chi connectivity index (χ2v) is 7.40. The van der Waals surface area contributed by atoms with Gasteiger partial charge in [0.05, 0.1) is 13.2 Å². The Morgan fingerprint density at radius 1 is 1.07 bits per heavy atom. The van der Waals surface area contributed by atoms with Crippen molar-refractivity contribution in [1.29, 1.82) is 0 Å². The molecule has 7 heteroatoms. The van der Waals surface area contributed by atoms with Gasteiger partial charge in [-0.05, 0) is 36.9 Å². The van der Waals surface area contributed by atoms with Gasteiger partial charge in [-0.1, -0.05) is 30.3 Å². The van der Waals surface area contributed by atoms with Crippen LogP contribution in [-0.2, 0) is 16.1 Å². The van der Waals surface area contributed by atoms with Crippen molar-refractivity contribution < 1.29 is 24.1 Å². The van der Waals surface area contributed by atoms with Crippen LogP contribution in [0.4, 0.5) is 0 Å². The summed E-state index contributed by atoms with van der Waals surface area (Å²) in [6, 6.07) is 17.1. The molecule has 162 valence electrons. The minimum atomic E-state index is -0.580. The quantitative estimate of drug-likeness (QED) is 0.639. The summed E-state index contributed by atoms with van der Waals surface area (Å²) in [4.78, 5) is 15.9. The zero-order valence-electron chi connectivity index (χ0n) is 17.4. The molecule has 1 amide bonds. The van der Waals surface area contributed by atoms with E-state index in [0.717, 1.165) is 11.3 Å². The standard InChI is InChI=1S/C23H30N2O5/c1-24(16-20(26)17-29-21-5-3-2-4-6-21)15-19-7-9-22(10-8-19)30-18-23(27)25-11-13-28-14-12-25/h2-10,20,26H,11-18H2,1H3/t20-/m0/s1. The Balaban J connectivity index is 1.37. The SMILES string of the molecule is CN(Cc1ccc(OCC(=O)N2CCOCC2)cc1)C[C@H](O)COc1ccccc1. The maximum atomic E-state index is 12.1. The fraction of sp³-hybridized carbons (Fsp3) is 0.435. The van der Waals surface area contributed by atoms with Crippen molar-refractivity contribution in [3.63, 3.8) is 0 Å². The van der Waals surface area contributed by atoms with Crippen LogP contribution in [-0.4, -0.2) is 80.0 Å². The molecule has 0 bridgehead atoms.